The minimum absolute atomic E-state index is 0.135. The maximum atomic E-state index is 11.4. The van der Waals surface area contributed by atoms with Gasteiger partial charge in [-0.05, 0) is 24.3 Å². The molecule has 0 bridgehead atoms. The first-order valence-electron chi connectivity index (χ1n) is 5.75. The van der Waals surface area contributed by atoms with Crippen molar-refractivity contribution in [3.63, 3.8) is 0 Å². The van der Waals surface area contributed by atoms with Crippen LogP contribution >= 0.6 is 0 Å². The number of benzene rings is 1. The smallest absolute Gasteiger partial charge is 0.337 e. The molecule has 0 aliphatic rings. The van der Waals surface area contributed by atoms with E-state index in [1.54, 1.807) is 12.1 Å². The number of hydrogen-bond donors (Lipinski definition) is 4. The van der Waals surface area contributed by atoms with Crippen LogP contribution in [0.25, 0.3) is 0 Å². The number of furan rings is 1. The zero-order valence-corrected chi connectivity index (χ0v) is 11.6. The maximum absolute atomic E-state index is 11.4. The molecule has 0 aliphatic heterocycles. The van der Waals surface area contributed by atoms with Gasteiger partial charge in [0.25, 0.3) is 0 Å². The van der Waals surface area contributed by atoms with Gasteiger partial charge in [-0.25, -0.2) is 18.4 Å². The monoisotopic (exact) mass is 311 g/mol. The Labute approximate surface area is 120 Å². The van der Waals surface area contributed by atoms with Gasteiger partial charge in [0.2, 0.25) is 10.0 Å². The normalized spacial score (nSPS) is 11.3. The van der Waals surface area contributed by atoms with Gasteiger partial charge >= 0.3 is 5.97 Å². The van der Waals surface area contributed by atoms with Crippen molar-refractivity contribution in [3.05, 3.63) is 41.9 Å². The van der Waals surface area contributed by atoms with Crippen LogP contribution in [0.5, 0.6) is 0 Å². The van der Waals surface area contributed by atoms with E-state index in [1.807, 2.05) is 0 Å². The molecule has 0 aliphatic carbocycles. The molecular formula is C12H13N3O5S. The van der Waals surface area contributed by atoms with Crippen LogP contribution in [0, 0.1) is 0 Å². The van der Waals surface area contributed by atoms with Crippen molar-refractivity contribution in [2.45, 2.75) is 11.4 Å². The molecule has 0 amide bonds. The van der Waals surface area contributed by atoms with Gasteiger partial charge in [0.05, 0.1) is 29.7 Å². The van der Waals surface area contributed by atoms with E-state index in [1.165, 1.54) is 12.3 Å². The summed E-state index contributed by atoms with van der Waals surface area (Å²) < 4.78 is 27.8. The van der Waals surface area contributed by atoms with Crippen molar-refractivity contribution in [1.29, 1.82) is 0 Å². The second-order valence-corrected chi connectivity index (χ2v) is 5.75. The topological polar surface area (TPSA) is 149 Å². The Kier molecular flexibility index (Phi) is 3.87. The number of primary sulfonamides is 1. The fourth-order valence-electron chi connectivity index (χ4n) is 1.76. The number of carboxylic acids is 1. The number of nitrogens with two attached hydrogens (primary N) is 2. The summed E-state index contributed by atoms with van der Waals surface area (Å²) in [5, 5.41) is 17.0. The molecule has 1 heterocycles. The first kappa shape index (κ1) is 14.9. The summed E-state index contributed by atoms with van der Waals surface area (Å²) in [6, 6.07) is 5.53. The van der Waals surface area contributed by atoms with Gasteiger partial charge < -0.3 is 20.6 Å². The first-order valence-corrected chi connectivity index (χ1v) is 7.29. The number of carbonyl (C=O) groups is 1. The van der Waals surface area contributed by atoms with E-state index in [0.29, 0.717) is 5.76 Å². The lowest BCUT2D eigenvalue weighted by molar-refractivity contribution is 0.0697. The molecule has 6 N–H and O–H groups in total. The number of carboxylic acid groups (broad SMARTS) is 1. The van der Waals surface area contributed by atoms with Crippen LogP contribution in [0.15, 0.2) is 39.8 Å². The van der Waals surface area contributed by atoms with Crippen LogP contribution in [0.4, 0.5) is 11.4 Å². The fraction of sp³-hybridized carbons (Fsp3) is 0.0833. The summed E-state index contributed by atoms with van der Waals surface area (Å²) in [6.07, 6.45) is 1.48. The summed E-state index contributed by atoms with van der Waals surface area (Å²) >= 11 is 0. The largest absolute Gasteiger partial charge is 0.478 e. The summed E-state index contributed by atoms with van der Waals surface area (Å²) in [6.45, 7) is 0.224. The lowest BCUT2D eigenvalue weighted by atomic mass is 10.1. The molecular weight excluding hydrogens is 298 g/mol. The van der Waals surface area contributed by atoms with Crippen LogP contribution < -0.4 is 16.2 Å². The second-order valence-electron chi connectivity index (χ2n) is 4.22. The first-order chi connectivity index (χ1) is 9.79. The van der Waals surface area contributed by atoms with E-state index in [0.717, 1.165) is 6.07 Å². The predicted octanol–water partition coefficient (Wildman–Crippen LogP) is 0.819. The highest BCUT2D eigenvalue weighted by atomic mass is 32.2. The minimum Gasteiger partial charge on any atom is -0.478 e. The van der Waals surface area contributed by atoms with E-state index in [-0.39, 0.29) is 23.5 Å². The van der Waals surface area contributed by atoms with Gasteiger partial charge in [-0.15, -0.1) is 0 Å². The van der Waals surface area contributed by atoms with E-state index >= 15 is 0 Å². The van der Waals surface area contributed by atoms with E-state index in [9.17, 15) is 13.2 Å². The molecule has 2 aromatic rings. The molecule has 0 radical (unpaired) electrons. The lowest BCUT2D eigenvalue weighted by Gasteiger charge is -2.12. The molecule has 0 saturated heterocycles. The highest BCUT2D eigenvalue weighted by Gasteiger charge is 2.19. The lowest BCUT2D eigenvalue weighted by Crippen LogP contribution is -2.16. The Bertz CT molecular complexity index is 768. The van der Waals surface area contributed by atoms with E-state index in [4.69, 9.17) is 20.4 Å². The van der Waals surface area contributed by atoms with Gasteiger partial charge in [0.15, 0.2) is 0 Å². The van der Waals surface area contributed by atoms with Crippen LogP contribution in [-0.4, -0.2) is 19.5 Å². The molecule has 8 nitrogen and oxygen atoms in total. The zero-order valence-electron chi connectivity index (χ0n) is 10.7. The fourth-order valence-corrected chi connectivity index (χ4v) is 2.43. The van der Waals surface area contributed by atoms with E-state index < -0.39 is 20.9 Å². The van der Waals surface area contributed by atoms with Gasteiger partial charge in [-0.1, -0.05) is 0 Å². The molecule has 9 heteroatoms. The number of hydrogen-bond acceptors (Lipinski definition) is 6. The molecule has 0 fully saturated rings. The van der Waals surface area contributed by atoms with Crippen molar-refractivity contribution >= 4 is 27.4 Å². The molecule has 0 spiro atoms. The number of rotatable bonds is 5. The molecule has 0 unspecified atom stereocenters. The molecule has 112 valence electrons. The Hall–Kier alpha value is -2.52. The van der Waals surface area contributed by atoms with Crippen molar-refractivity contribution in [3.8, 4) is 0 Å². The highest BCUT2D eigenvalue weighted by Crippen LogP contribution is 2.26. The zero-order chi connectivity index (χ0) is 15.6. The number of aromatic carboxylic acids is 1. The van der Waals surface area contributed by atoms with E-state index in [2.05, 4.69) is 5.32 Å². The summed E-state index contributed by atoms with van der Waals surface area (Å²) in [5.41, 5.74) is 5.40. The van der Waals surface area contributed by atoms with Crippen molar-refractivity contribution in [2.75, 3.05) is 11.1 Å². The number of sulfonamides is 1. The van der Waals surface area contributed by atoms with Gasteiger partial charge in [-0.2, -0.15) is 0 Å². The third-order valence-electron chi connectivity index (χ3n) is 2.72. The second kappa shape index (κ2) is 5.46. The Morgan fingerprint density at radius 2 is 2.10 bits per heavy atom. The average molecular weight is 311 g/mol. The number of anilines is 2. The minimum atomic E-state index is -4.10. The van der Waals surface area contributed by atoms with Crippen molar-refractivity contribution in [2.24, 2.45) is 5.14 Å². The molecule has 21 heavy (non-hydrogen) atoms. The maximum Gasteiger partial charge on any atom is 0.337 e. The van der Waals surface area contributed by atoms with Crippen LogP contribution in [0.2, 0.25) is 0 Å². The molecule has 0 saturated carbocycles. The molecule has 1 aromatic carbocycles. The van der Waals surface area contributed by atoms with Gasteiger partial charge in [-0.3, -0.25) is 0 Å². The summed E-state index contributed by atoms with van der Waals surface area (Å²) in [4.78, 5) is 10.8. The van der Waals surface area contributed by atoms with Crippen molar-refractivity contribution in [1.82, 2.24) is 0 Å². The summed E-state index contributed by atoms with van der Waals surface area (Å²) in [7, 11) is -4.10. The average Bonchev–Trinajstić information content (AvgIpc) is 2.87. The highest BCUT2D eigenvalue weighted by molar-refractivity contribution is 7.89. The van der Waals surface area contributed by atoms with Crippen LogP contribution in [0.3, 0.4) is 0 Å². The number of nitrogen functional groups attached to an aromatic ring is 1. The van der Waals surface area contributed by atoms with Gasteiger partial charge in [0.1, 0.15) is 10.7 Å². The number of nitrogens with one attached hydrogen (secondary N) is 1. The quantitative estimate of drug-likeness (QED) is 0.597. The van der Waals surface area contributed by atoms with Crippen LogP contribution in [-0.2, 0) is 16.6 Å². The third kappa shape index (κ3) is 3.33. The van der Waals surface area contributed by atoms with Gasteiger partial charge in [0, 0.05) is 0 Å². The SMILES string of the molecule is Nc1cc(NCc2ccco2)c(C(=O)O)cc1S(N)(=O)=O. The van der Waals surface area contributed by atoms with Crippen molar-refractivity contribution < 1.29 is 22.7 Å². The molecule has 2 rings (SSSR count). The summed E-state index contributed by atoms with van der Waals surface area (Å²) in [5.74, 6) is -0.720. The van der Waals surface area contributed by atoms with Crippen LogP contribution in [0.1, 0.15) is 16.1 Å². The molecule has 0 atom stereocenters. The Morgan fingerprint density at radius 3 is 2.62 bits per heavy atom. The predicted molar refractivity (Wildman–Crippen MR) is 75.2 cm³/mol. The molecule has 1 aromatic heterocycles. The third-order valence-corrected chi connectivity index (χ3v) is 3.69. The Morgan fingerprint density at radius 1 is 1.38 bits per heavy atom. The Balaban J connectivity index is 2.41. The standard InChI is InChI=1S/C12H13N3O5S/c13-9-5-10(15-6-7-2-1-3-20-7)8(12(16)17)4-11(9)21(14,18)19/h1-5,15H,6,13H2,(H,16,17)(H2,14,18,19).